The number of hydrogen-bond acceptors (Lipinski definition) is 5. The van der Waals surface area contributed by atoms with Gasteiger partial charge >= 0.3 is 0 Å². The van der Waals surface area contributed by atoms with E-state index in [1.807, 2.05) is 0 Å². The maximum Gasteiger partial charge on any atom is 0.274 e. The first-order chi connectivity index (χ1) is 8.38. The Kier molecular flexibility index (Phi) is 3.27. The molecule has 0 spiro atoms. The molecule has 2 aromatic heterocycles. The van der Waals surface area contributed by atoms with E-state index in [4.69, 9.17) is 8.94 Å². The van der Waals surface area contributed by atoms with Crippen LogP contribution < -0.4 is 4.72 Å². The number of rotatable bonds is 4. The molecule has 0 saturated carbocycles. The molecule has 6 nitrogen and oxygen atoms in total. The average Bonchev–Trinajstić information content (AvgIpc) is 2.83. The van der Waals surface area contributed by atoms with Crippen LogP contribution in [0.25, 0.3) is 11.5 Å². The summed E-state index contributed by atoms with van der Waals surface area (Å²) in [5.41, 5.74) is 0.700. The third kappa shape index (κ3) is 2.62. The standard InChI is InChI=1S/C11H14N2O4S/c1-7(2)13-18(14,15)11-5-4-9(16-11)10-6-8(3)12-17-10/h4-7,13H,1-3H3. The van der Waals surface area contributed by atoms with Crippen LogP contribution in [0.15, 0.2) is 32.2 Å². The Bertz CT molecular complexity index is 640. The Morgan fingerprint density at radius 1 is 1.28 bits per heavy atom. The van der Waals surface area contributed by atoms with Gasteiger partial charge in [0.1, 0.15) is 0 Å². The zero-order chi connectivity index (χ0) is 13.3. The van der Waals surface area contributed by atoms with Gasteiger partial charge in [0.05, 0.1) is 5.69 Å². The van der Waals surface area contributed by atoms with Gasteiger partial charge in [0.25, 0.3) is 10.0 Å². The van der Waals surface area contributed by atoms with Gasteiger partial charge < -0.3 is 8.94 Å². The van der Waals surface area contributed by atoms with Crippen LogP contribution in [0, 0.1) is 6.92 Å². The van der Waals surface area contributed by atoms with Gasteiger partial charge in [0, 0.05) is 12.1 Å². The van der Waals surface area contributed by atoms with Crippen molar-refractivity contribution in [3.8, 4) is 11.5 Å². The van der Waals surface area contributed by atoms with Crippen molar-refractivity contribution in [1.82, 2.24) is 9.88 Å². The van der Waals surface area contributed by atoms with Gasteiger partial charge in [-0.05, 0) is 32.9 Å². The quantitative estimate of drug-likeness (QED) is 0.917. The molecule has 0 aliphatic heterocycles. The van der Waals surface area contributed by atoms with Gasteiger partial charge in [-0.3, -0.25) is 0 Å². The zero-order valence-corrected chi connectivity index (χ0v) is 11.1. The van der Waals surface area contributed by atoms with Crippen LogP contribution in [0.3, 0.4) is 0 Å². The lowest BCUT2D eigenvalue weighted by Gasteiger charge is -2.06. The summed E-state index contributed by atoms with van der Waals surface area (Å²) in [5, 5.41) is 3.57. The van der Waals surface area contributed by atoms with Gasteiger partial charge in [0.15, 0.2) is 5.76 Å². The van der Waals surface area contributed by atoms with E-state index in [1.165, 1.54) is 12.1 Å². The van der Waals surface area contributed by atoms with Crippen molar-refractivity contribution < 1.29 is 17.4 Å². The zero-order valence-electron chi connectivity index (χ0n) is 10.3. The van der Waals surface area contributed by atoms with E-state index in [-0.39, 0.29) is 11.1 Å². The summed E-state index contributed by atoms with van der Waals surface area (Å²) in [7, 11) is -3.62. The first-order valence-corrected chi connectivity index (χ1v) is 6.92. The Morgan fingerprint density at radius 2 is 2.00 bits per heavy atom. The number of aryl methyl sites for hydroxylation is 1. The topological polar surface area (TPSA) is 85.3 Å². The molecule has 0 atom stereocenters. The third-order valence-corrected chi connectivity index (χ3v) is 3.64. The number of furan rings is 1. The second-order valence-electron chi connectivity index (χ2n) is 4.23. The van der Waals surface area contributed by atoms with E-state index in [9.17, 15) is 8.42 Å². The normalized spacial score (nSPS) is 12.2. The molecule has 0 aromatic carbocycles. The molecule has 0 fully saturated rings. The maximum atomic E-state index is 11.8. The molecule has 2 heterocycles. The van der Waals surface area contributed by atoms with Crippen molar-refractivity contribution in [1.29, 1.82) is 0 Å². The third-order valence-electron chi connectivity index (χ3n) is 2.11. The van der Waals surface area contributed by atoms with Crippen LogP contribution in [0.1, 0.15) is 19.5 Å². The molecular weight excluding hydrogens is 256 g/mol. The molecule has 98 valence electrons. The first kappa shape index (κ1) is 12.8. The van der Waals surface area contributed by atoms with Crippen molar-refractivity contribution in [2.24, 2.45) is 0 Å². The lowest BCUT2D eigenvalue weighted by Crippen LogP contribution is -2.29. The van der Waals surface area contributed by atoms with E-state index in [0.717, 1.165) is 0 Å². The number of sulfonamides is 1. The second-order valence-corrected chi connectivity index (χ2v) is 5.87. The molecule has 0 saturated heterocycles. The largest absolute Gasteiger partial charge is 0.440 e. The van der Waals surface area contributed by atoms with Crippen molar-refractivity contribution in [2.75, 3.05) is 0 Å². The smallest absolute Gasteiger partial charge is 0.274 e. The Morgan fingerprint density at radius 3 is 2.56 bits per heavy atom. The number of nitrogens with one attached hydrogen (secondary N) is 1. The van der Waals surface area contributed by atoms with E-state index in [2.05, 4.69) is 9.88 Å². The highest BCUT2D eigenvalue weighted by molar-refractivity contribution is 7.89. The lowest BCUT2D eigenvalue weighted by molar-refractivity contribution is 0.397. The van der Waals surface area contributed by atoms with E-state index >= 15 is 0 Å². The summed E-state index contributed by atoms with van der Waals surface area (Å²) < 4.78 is 36.4. The van der Waals surface area contributed by atoms with E-state index in [0.29, 0.717) is 17.2 Å². The van der Waals surface area contributed by atoms with Crippen LogP contribution in [0.4, 0.5) is 0 Å². The van der Waals surface area contributed by atoms with E-state index < -0.39 is 10.0 Å². The highest BCUT2D eigenvalue weighted by Crippen LogP contribution is 2.25. The van der Waals surface area contributed by atoms with Gasteiger partial charge in [-0.2, -0.15) is 0 Å². The summed E-state index contributed by atoms with van der Waals surface area (Å²) in [6.45, 7) is 5.25. The molecule has 2 rings (SSSR count). The minimum atomic E-state index is -3.62. The first-order valence-electron chi connectivity index (χ1n) is 5.44. The van der Waals surface area contributed by atoms with Gasteiger partial charge in [-0.25, -0.2) is 13.1 Å². The maximum absolute atomic E-state index is 11.8. The number of nitrogens with zero attached hydrogens (tertiary/aromatic N) is 1. The fourth-order valence-electron chi connectivity index (χ4n) is 1.45. The van der Waals surface area contributed by atoms with Crippen molar-refractivity contribution in [3.05, 3.63) is 23.9 Å². The molecule has 0 radical (unpaired) electrons. The minimum Gasteiger partial charge on any atom is -0.440 e. The van der Waals surface area contributed by atoms with Crippen LogP contribution in [0.5, 0.6) is 0 Å². The second kappa shape index (κ2) is 4.58. The Balaban J connectivity index is 2.31. The molecule has 2 aromatic rings. The van der Waals surface area contributed by atoms with Crippen molar-refractivity contribution >= 4 is 10.0 Å². The molecule has 7 heteroatoms. The molecule has 18 heavy (non-hydrogen) atoms. The molecule has 0 unspecified atom stereocenters. The molecule has 0 aliphatic carbocycles. The summed E-state index contributed by atoms with van der Waals surface area (Å²) in [6.07, 6.45) is 0. The number of aromatic nitrogens is 1. The summed E-state index contributed by atoms with van der Waals surface area (Å²) in [5.74, 6) is 0.734. The summed E-state index contributed by atoms with van der Waals surface area (Å²) in [6, 6.07) is 4.40. The lowest BCUT2D eigenvalue weighted by atomic mass is 10.3. The fraction of sp³-hybridized carbons (Fsp3) is 0.364. The van der Waals surface area contributed by atoms with E-state index in [1.54, 1.807) is 26.8 Å². The van der Waals surface area contributed by atoms with Crippen LogP contribution in [-0.4, -0.2) is 19.6 Å². The van der Waals surface area contributed by atoms with Crippen molar-refractivity contribution in [3.63, 3.8) is 0 Å². The predicted molar refractivity (Wildman–Crippen MR) is 64.4 cm³/mol. The highest BCUT2D eigenvalue weighted by atomic mass is 32.2. The Labute approximate surface area is 105 Å². The SMILES string of the molecule is Cc1cc(-c2ccc(S(=O)(=O)NC(C)C)o2)on1. The molecule has 0 amide bonds. The predicted octanol–water partition coefficient (Wildman–Crippen LogP) is 1.93. The van der Waals surface area contributed by atoms with Crippen LogP contribution in [0.2, 0.25) is 0 Å². The molecule has 1 N–H and O–H groups in total. The summed E-state index contributed by atoms with van der Waals surface area (Å²) >= 11 is 0. The van der Waals surface area contributed by atoms with Gasteiger partial charge in [0.2, 0.25) is 10.9 Å². The molecule has 0 bridgehead atoms. The minimum absolute atomic E-state index is 0.139. The van der Waals surface area contributed by atoms with Crippen molar-refractivity contribution in [2.45, 2.75) is 31.9 Å². The molecular formula is C11H14N2O4S. The number of hydrogen-bond donors (Lipinski definition) is 1. The monoisotopic (exact) mass is 270 g/mol. The van der Waals surface area contributed by atoms with Gasteiger partial charge in [-0.1, -0.05) is 5.16 Å². The van der Waals surface area contributed by atoms with Crippen LogP contribution >= 0.6 is 0 Å². The highest BCUT2D eigenvalue weighted by Gasteiger charge is 2.21. The van der Waals surface area contributed by atoms with Gasteiger partial charge in [-0.15, -0.1) is 0 Å². The molecule has 0 aliphatic rings. The fourth-order valence-corrected chi connectivity index (χ4v) is 2.63. The Hall–Kier alpha value is -1.60. The average molecular weight is 270 g/mol. The van der Waals surface area contributed by atoms with Crippen LogP contribution in [-0.2, 0) is 10.0 Å². The summed E-state index contributed by atoms with van der Waals surface area (Å²) in [4.78, 5) is 0.